The number of aryl methyl sites for hydroxylation is 1. The van der Waals surface area contributed by atoms with Crippen LogP contribution in [-0.4, -0.2) is 30.2 Å². The minimum atomic E-state index is -1.13. The van der Waals surface area contributed by atoms with Crippen molar-refractivity contribution in [2.45, 2.75) is 0 Å². The molecule has 96 valence electrons. The minimum absolute atomic E-state index is 0.0989. The quantitative estimate of drug-likeness (QED) is 0.759. The molecule has 0 aliphatic carbocycles. The molecule has 3 aromatic rings. The highest BCUT2D eigenvalue weighted by Crippen LogP contribution is 2.22. The molecule has 0 saturated carbocycles. The molecule has 0 spiro atoms. The maximum atomic E-state index is 13.7. The third-order valence-corrected chi connectivity index (χ3v) is 2.82. The van der Waals surface area contributed by atoms with Crippen molar-refractivity contribution in [3.05, 3.63) is 42.0 Å². The van der Waals surface area contributed by atoms with Crippen LogP contribution < -0.4 is 0 Å². The second kappa shape index (κ2) is 3.91. The van der Waals surface area contributed by atoms with E-state index in [4.69, 9.17) is 5.11 Å². The number of aromatic nitrogens is 4. The number of imidazole rings is 1. The topological polar surface area (TPSA) is 72.4 Å². The minimum Gasteiger partial charge on any atom is -0.476 e. The van der Waals surface area contributed by atoms with E-state index < -0.39 is 11.8 Å². The van der Waals surface area contributed by atoms with Crippen molar-refractivity contribution in [3.63, 3.8) is 0 Å². The Kier molecular flexibility index (Phi) is 2.34. The average Bonchev–Trinajstić information content (AvgIpc) is 2.91. The molecule has 0 saturated heterocycles. The molecular formula is C12H9FN4O2. The van der Waals surface area contributed by atoms with Crippen molar-refractivity contribution < 1.29 is 14.3 Å². The number of hydrogen-bond donors (Lipinski definition) is 1. The van der Waals surface area contributed by atoms with E-state index in [1.54, 1.807) is 29.8 Å². The molecular weight excluding hydrogens is 251 g/mol. The van der Waals surface area contributed by atoms with Crippen LogP contribution in [0.3, 0.4) is 0 Å². The number of hydrogen-bond acceptors (Lipinski definition) is 3. The van der Waals surface area contributed by atoms with Crippen molar-refractivity contribution in [1.82, 2.24) is 19.2 Å². The van der Waals surface area contributed by atoms with E-state index in [-0.39, 0.29) is 5.69 Å². The first kappa shape index (κ1) is 11.4. The van der Waals surface area contributed by atoms with Gasteiger partial charge in [0, 0.05) is 7.05 Å². The van der Waals surface area contributed by atoms with Gasteiger partial charge >= 0.3 is 5.97 Å². The number of aromatic carboxylic acids is 1. The molecule has 1 aromatic carbocycles. The summed E-state index contributed by atoms with van der Waals surface area (Å²) in [6.45, 7) is 0. The molecule has 2 aromatic heterocycles. The van der Waals surface area contributed by atoms with E-state index in [0.29, 0.717) is 17.2 Å². The summed E-state index contributed by atoms with van der Waals surface area (Å²) >= 11 is 0. The lowest BCUT2D eigenvalue weighted by molar-refractivity contribution is 0.0691. The molecule has 0 fully saturated rings. The van der Waals surface area contributed by atoms with Crippen molar-refractivity contribution in [2.24, 2.45) is 7.05 Å². The van der Waals surface area contributed by atoms with Crippen molar-refractivity contribution in [3.8, 4) is 11.4 Å². The lowest BCUT2D eigenvalue weighted by Crippen LogP contribution is -1.99. The molecule has 2 heterocycles. The predicted molar refractivity (Wildman–Crippen MR) is 64.3 cm³/mol. The van der Waals surface area contributed by atoms with Crippen LogP contribution in [0, 0.1) is 5.82 Å². The van der Waals surface area contributed by atoms with Crippen LogP contribution in [0.5, 0.6) is 0 Å². The van der Waals surface area contributed by atoms with Crippen LogP contribution in [0.15, 0.2) is 30.5 Å². The van der Waals surface area contributed by atoms with Crippen LogP contribution in [0.25, 0.3) is 17.2 Å². The monoisotopic (exact) mass is 260 g/mol. The van der Waals surface area contributed by atoms with Gasteiger partial charge in [0.05, 0.1) is 11.8 Å². The third kappa shape index (κ3) is 1.67. The summed E-state index contributed by atoms with van der Waals surface area (Å²) in [4.78, 5) is 14.7. The molecule has 0 radical (unpaired) electrons. The number of carboxylic acids is 1. The zero-order chi connectivity index (χ0) is 13.6. The van der Waals surface area contributed by atoms with Crippen molar-refractivity contribution in [2.75, 3.05) is 0 Å². The van der Waals surface area contributed by atoms with Gasteiger partial charge in [0.25, 0.3) is 0 Å². The van der Waals surface area contributed by atoms with Gasteiger partial charge in [0.1, 0.15) is 5.82 Å². The Hall–Kier alpha value is -2.70. The Morgan fingerprint density at radius 3 is 2.74 bits per heavy atom. The SMILES string of the molecule is Cn1c(-c2ccccc2F)nn2cc(C(=O)O)nc12. The lowest BCUT2D eigenvalue weighted by Gasteiger charge is -2.01. The standard InChI is InChI=1S/C12H9FN4O2/c1-16-10(7-4-2-3-5-8(7)13)15-17-6-9(11(18)19)14-12(16)17/h2-6H,1H3,(H,18,19). The van der Waals surface area contributed by atoms with E-state index in [1.807, 2.05) is 0 Å². The lowest BCUT2D eigenvalue weighted by atomic mass is 10.2. The molecule has 0 bridgehead atoms. The van der Waals surface area contributed by atoms with Gasteiger partial charge in [-0.2, -0.15) is 0 Å². The molecule has 3 rings (SSSR count). The highest BCUT2D eigenvalue weighted by Gasteiger charge is 2.17. The number of halogens is 1. The average molecular weight is 260 g/mol. The van der Waals surface area contributed by atoms with Gasteiger partial charge in [0.2, 0.25) is 5.78 Å². The summed E-state index contributed by atoms with van der Waals surface area (Å²) in [6.07, 6.45) is 1.29. The molecule has 0 atom stereocenters. The summed E-state index contributed by atoms with van der Waals surface area (Å²) < 4.78 is 16.6. The Morgan fingerprint density at radius 2 is 2.11 bits per heavy atom. The van der Waals surface area contributed by atoms with Gasteiger partial charge in [-0.05, 0) is 12.1 Å². The molecule has 6 nitrogen and oxygen atoms in total. The van der Waals surface area contributed by atoms with E-state index in [9.17, 15) is 9.18 Å². The Labute approximate surface area is 106 Å². The number of benzene rings is 1. The third-order valence-electron chi connectivity index (χ3n) is 2.82. The second-order valence-electron chi connectivity index (χ2n) is 4.04. The summed E-state index contributed by atoms with van der Waals surface area (Å²) in [6, 6.07) is 6.25. The smallest absolute Gasteiger partial charge is 0.356 e. The number of carboxylic acid groups (broad SMARTS) is 1. The fourth-order valence-corrected chi connectivity index (χ4v) is 1.91. The van der Waals surface area contributed by atoms with E-state index in [1.165, 1.54) is 16.8 Å². The summed E-state index contributed by atoms with van der Waals surface area (Å²) in [7, 11) is 1.66. The van der Waals surface area contributed by atoms with Crippen molar-refractivity contribution >= 4 is 11.7 Å². The number of carbonyl (C=O) groups is 1. The highest BCUT2D eigenvalue weighted by molar-refractivity contribution is 5.85. The zero-order valence-electron chi connectivity index (χ0n) is 9.91. The van der Waals surface area contributed by atoms with Crippen LogP contribution >= 0.6 is 0 Å². The number of rotatable bonds is 2. The van der Waals surface area contributed by atoms with Gasteiger partial charge in [0.15, 0.2) is 11.5 Å². The molecule has 0 aliphatic heterocycles. The van der Waals surface area contributed by atoms with Gasteiger partial charge < -0.3 is 5.11 Å². The number of nitrogens with zero attached hydrogens (tertiary/aromatic N) is 4. The Bertz CT molecular complexity index is 790. The van der Waals surface area contributed by atoms with E-state index in [2.05, 4.69) is 10.1 Å². The predicted octanol–water partition coefficient (Wildman–Crippen LogP) is 1.57. The normalized spacial score (nSPS) is 11.1. The second-order valence-corrected chi connectivity index (χ2v) is 4.04. The first-order valence-corrected chi connectivity index (χ1v) is 5.48. The fraction of sp³-hybridized carbons (Fsp3) is 0.0833. The maximum absolute atomic E-state index is 13.7. The van der Waals surface area contributed by atoms with Gasteiger partial charge in [-0.3, -0.25) is 4.57 Å². The van der Waals surface area contributed by atoms with E-state index >= 15 is 0 Å². The summed E-state index contributed by atoms with van der Waals surface area (Å²) in [5, 5.41) is 13.0. The first-order valence-electron chi connectivity index (χ1n) is 5.48. The zero-order valence-corrected chi connectivity index (χ0v) is 9.91. The number of fused-ring (bicyclic) bond motifs is 1. The largest absolute Gasteiger partial charge is 0.476 e. The van der Waals surface area contributed by atoms with Gasteiger partial charge in [-0.25, -0.2) is 18.7 Å². The van der Waals surface area contributed by atoms with Gasteiger partial charge in [-0.15, -0.1) is 5.10 Å². The highest BCUT2D eigenvalue weighted by atomic mass is 19.1. The summed E-state index contributed by atoms with van der Waals surface area (Å²) in [5.41, 5.74) is 0.241. The molecule has 0 amide bonds. The van der Waals surface area contributed by atoms with Crippen LogP contribution in [0.4, 0.5) is 4.39 Å². The molecule has 0 unspecified atom stereocenters. The first-order chi connectivity index (χ1) is 9.08. The molecule has 0 aliphatic rings. The Balaban J connectivity index is 2.22. The van der Waals surface area contributed by atoms with E-state index in [0.717, 1.165) is 0 Å². The molecule has 19 heavy (non-hydrogen) atoms. The molecule has 1 N–H and O–H groups in total. The van der Waals surface area contributed by atoms with Crippen LogP contribution in [0.1, 0.15) is 10.5 Å². The van der Waals surface area contributed by atoms with Crippen molar-refractivity contribution in [1.29, 1.82) is 0 Å². The molecule has 7 heteroatoms. The fourth-order valence-electron chi connectivity index (χ4n) is 1.91. The van der Waals surface area contributed by atoms with Crippen LogP contribution in [0.2, 0.25) is 0 Å². The van der Waals surface area contributed by atoms with Crippen LogP contribution in [-0.2, 0) is 7.05 Å². The maximum Gasteiger partial charge on any atom is 0.356 e. The Morgan fingerprint density at radius 1 is 1.37 bits per heavy atom. The van der Waals surface area contributed by atoms with Gasteiger partial charge in [-0.1, -0.05) is 12.1 Å². The summed E-state index contributed by atoms with van der Waals surface area (Å²) in [5.74, 6) is -0.788.